The van der Waals surface area contributed by atoms with Crippen LogP contribution in [0.1, 0.15) is 11.6 Å². The van der Waals surface area contributed by atoms with Gasteiger partial charge in [-0.05, 0) is 6.07 Å². The van der Waals surface area contributed by atoms with Crippen molar-refractivity contribution in [3.8, 4) is 0 Å². The SMILES string of the molecule is O=C(O)CN1CC(c2c[nH]c3ccccc23)NC1=O. The van der Waals surface area contributed by atoms with Crippen LogP contribution in [0.2, 0.25) is 0 Å². The number of H-pyrrole nitrogens is 1. The zero-order valence-corrected chi connectivity index (χ0v) is 10.1. The molecule has 3 N–H and O–H groups in total. The number of hydrogen-bond donors (Lipinski definition) is 3. The monoisotopic (exact) mass is 259 g/mol. The first-order valence-corrected chi connectivity index (χ1v) is 5.98. The van der Waals surface area contributed by atoms with Crippen molar-refractivity contribution in [1.29, 1.82) is 0 Å². The number of aliphatic carboxylic acids is 1. The van der Waals surface area contributed by atoms with Crippen LogP contribution >= 0.6 is 0 Å². The first kappa shape index (κ1) is 11.6. The van der Waals surface area contributed by atoms with Gasteiger partial charge in [-0.2, -0.15) is 0 Å². The van der Waals surface area contributed by atoms with Crippen LogP contribution in [0.4, 0.5) is 4.79 Å². The highest BCUT2D eigenvalue weighted by atomic mass is 16.4. The van der Waals surface area contributed by atoms with Gasteiger partial charge < -0.3 is 20.3 Å². The van der Waals surface area contributed by atoms with Gasteiger partial charge in [0.05, 0.1) is 6.04 Å². The van der Waals surface area contributed by atoms with Gasteiger partial charge in [0.1, 0.15) is 6.54 Å². The summed E-state index contributed by atoms with van der Waals surface area (Å²) in [4.78, 5) is 26.8. The van der Waals surface area contributed by atoms with Crippen LogP contribution in [0.25, 0.3) is 10.9 Å². The predicted molar refractivity (Wildman–Crippen MR) is 68.8 cm³/mol. The van der Waals surface area contributed by atoms with Gasteiger partial charge in [-0.1, -0.05) is 18.2 Å². The molecule has 98 valence electrons. The van der Waals surface area contributed by atoms with Gasteiger partial charge in [0.15, 0.2) is 0 Å². The number of aromatic nitrogens is 1. The fraction of sp³-hybridized carbons (Fsp3) is 0.231. The number of hydrogen-bond acceptors (Lipinski definition) is 2. The summed E-state index contributed by atoms with van der Waals surface area (Å²) in [6, 6.07) is 7.30. The average molecular weight is 259 g/mol. The van der Waals surface area contributed by atoms with Gasteiger partial charge in [0.25, 0.3) is 0 Å². The van der Waals surface area contributed by atoms with E-state index in [0.717, 1.165) is 16.5 Å². The summed E-state index contributed by atoms with van der Waals surface area (Å²) in [5.41, 5.74) is 1.99. The second kappa shape index (κ2) is 4.31. The number of nitrogens with zero attached hydrogens (tertiary/aromatic N) is 1. The lowest BCUT2D eigenvalue weighted by Gasteiger charge is -2.11. The van der Waals surface area contributed by atoms with E-state index in [9.17, 15) is 9.59 Å². The number of carbonyl (C=O) groups excluding carboxylic acids is 1. The van der Waals surface area contributed by atoms with Crippen LogP contribution in [0.3, 0.4) is 0 Å². The van der Waals surface area contributed by atoms with Crippen LogP contribution in [-0.4, -0.2) is 40.1 Å². The third-order valence-electron chi connectivity index (χ3n) is 3.31. The molecule has 1 fully saturated rings. The Morgan fingerprint density at radius 1 is 1.42 bits per heavy atom. The summed E-state index contributed by atoms with van der Waals surface area (Å²) < 4.78 is 0. The molecule has 3 rings (SSSR count). The lowest BCUT2D eigenvalue weighted by Crippen LogP contribution is -2.32. The van der Waals surface area contributed by atoms with E-state index in [0.29, 0.717) is 6.54 Å². The molecule has 1 atom stereocenters. The lowest BCUT2D eigenvalue weighted by atomic mass is 10.1. The van der Waals surface area contributed by atoms with Crippen molar-refractivity contribution in [3.05, 3.63) is 36.0 Å². The molecule has 2 heterocycles. The van der Waals surface area contributed by atoms with Crippen molar-refractivity contribution in [1.82, 2.24) is 15.2 Å². The summed E-state index contributed by atoms with van der Waals surface area (Å²) in [5, 5.41) is 12.6. The number of rotatable bonds is 3. The Kier molecular flexibility index (Phi) is 2.63. The van der Waals surface area contributed by atoms with Crippen molar-refractivity contribution >= 4 is 22.9 Å². The minimum Gasteiger partial charge on any atom is -0.480 e. The van der Waals surface area contributed by atoms with Crippen molar-refractivity contribution in [3.63, 3.8) is 0 Å². The van der Waals surface area contributed by atoms with Crippen molar-refractivity contribution in [2.45, 2.75) is 6.04 Å². The van der Waals surface area contributed by atoms with E-state index in [2.05, 4.69) is 10.3 Å². The van der Waals surface area contributed by atoms with E-state index in [-0.39, 0.29) is 18.6 Å². The van der Waals surface area contributed by atoms with E-state index in [1.54, 1.807) is 0 Å². The van der Waals surface area contributed by atoms with Crippen LogP contribution in [0.15, 0.2) is 30.5 Å². The van der Waals surface area contributed by atoms with E-state index in [1.807, 2.05) is 30.5 Å². The summed E-state index contributed by atoms with van der Waals surface area (Å²) in [5.74, 6) is -1.00. The highest BCUT2D eigenvalue weighted by Gasteiger charge is 2.32. The molecule has 6 nitrogen and oxygen atoms in total. The minimum absolute atomic E-state index is 0.178. The van der Waals surface area contributed by atoms with Crippen molar-refractivity contribution in [2.24, 2.45) is 0 Å². The molecule has 0 spiro atoms. The number of aromatic amines is 1. The zero-order valence-electron chi connectivity index (χ0n) is 10.1. The molecule has 1 aliphatic rings. The summed E-state index contributed by atoms with van der Waals surface area (Å²) in [6.07, 6.45) is 1.86. The molecular weight excluding hydrogens is 246 g/mol. The number of amides is 2. The standard InChI is InChI=1S/C13H13N3O3/c17-12(18)7-16-6-11(15-13(16)19)9-5-14-10-4-2-1-3-8(9)10/h1-5,11,14H,6-7H2,(H,15,19)(H,17,18). The maximum Gasteiger partial charge on any atom is 0.323 e. The van der Waals surface area contributed by atoms with Gasteiger partial charge in [0, 0.05) is 29.2 Å². The fourth-order valence-electron chi connectivity index (χ4n) is 2.45. The number of nitrogens with one attached hydrogen (secondary N) is 2. The number of para-hydroxylation sites is 1. The Labute approximate surface area is 109 Å². The molecule has 0 bridgehead atoms. The predicted octanol–water partition coefficient (Wildman–Crippen LogP) is 1.32. The molecular formula is C13H13N3O3. The maximum absolute atomic E-state index is 11.7. The molecule has 1 aromatic heterocycles. The molecule has 1 unspecified atom stereocenters. The topological polar surface area (TPSA) is 85.4 Å². The molecule has 1 saturated heterocycles. The first-order chi connectivity index (χ1) is 9.15. The Morgan fingerprint density at radius 2 is 2.21 bits per heavy atom. The highest BCUT2D eigenvalue weighted by molar-refractivity contribution is 5.86. The van der Waals surface area contributed by atoms with E-state index in [1.165, 1.54) is 4.90 Å². The van der Waals surface area contributed by atoms with Crippen molar-refractivity contribution < 1.29 is 14.7 Å². The van der Waals surface area contributed by atoms with Gasteiger partial charge in [0.2, 0.25) is 0 Å². The third-order valence-corrected chi connectivity index (χ3v) is 3.31. The number of carboxylic acids is 1. The normalized spacial score (nSPS) is 18.8. The second-order valence-corrected chi connectivity index (χ2v) is 4.57. The van der Waals surface area contributed by atoms with E-state index >= 15 is 0 Å². The van der Waals surface area contributed by atoms with E-state index < -0.39 is 5.97 Å². The Balaban J connectivity index is 1.88. The molecule has 1 aliphatic heterocycles. The second-order valence-electron chi connectivity index (χ2n) is 4.57. The molecule has 0 saturated carbocycles. The molecule has 0 radical (unpaired) electrons. The fourth-order valence-corrected chi connectivity index (χ4v) is 2.45. The quantitative estimate of drug-likeness (QED) is 0.777. The third kappa shape index (κ3) is 2.01. The zero-order chi connectivity index (χ0) is 13.4. The molecule has 2 amide bonds. The number of urea groups is 1. The largest absolute Gasteiger partial charge is 0.480 e. The number of fused-ring (bicyclic) bond motifs is 1. The van der Waals surface area contributed by atoms with E-state index in [4.69, 9.17) is 5.11 Å². The van der Waals surface area contributed by atoms with Gasteiger partial charge in [-0.25, -0.2) is 4.79 Å². The Bertz CT molecular complexity index is 649. The van der Waals surface area contributed by atoms with Gasteiger partial charge >= 0.3 is 12.0 Å². The van der Waals surface area contributed by atoms with Gasteiger partial charge in [-0.15, -0.1) is 0 Å². The summed E-state index contributed by atoms with van der Waals surface area (Å²) >= 11 is 0. The first-order valence-electron chi connectivity index (χ1n) is 5.98. The number of benzene rings is 1. The molecule has 1 aromatic carbocycles. The Morgan fingerprint density at radius 3 is 3.00 bits per heavy atom. The summed E-state index contributed by atoms with van der Waals surface area (Å²) in [7, 11) is 0. The lowest BCUT2D eigenvalue weighted by molar-refractivity contribution is -0.137. The van der Waals surface area contributed by atoms with Crippen molar-refractivity contribution in [2.75, 3.05) is 13.1 Å². The maximum atomic E-state index is 11.7. The molecule has 19 heavy (non-hydrogen) atoms. The minimum atomic E-state index is -1.00. The summed E-state index contributed by atoms with van der Waals surface area (Å²) in [6.45, 7) is 0.0949. The molecule has 0 aliphatic carbocycles. The van der Waals surface area contributed by atoms with Crippen LogP contribution in [-0.2, 0) is 4.79 Å². The number of carboxylic acid groups (broad SMARTS) is 1. The van der Waals surface area contributed by atoms with Crippen LogP contribution in [0, 0.1) is 0 Å². The Hall–Kier alpha value is -2.50. The highest BCUT2D eigenvalue weighted by Crippen LogP contribution is 2.27. The average Bonchev–Trinajstić information content (AvgIpc) is 2.93. The smallest absolute Gasteiger partial charge is 0.323 e. The van der Waals surface area contributed by atoms with Crippen LogP contribution < -0.4 is 5.32 Å². The van der Waals surface area contributed by atoms with Gasteiger partial charge in [-0.3, -0.25) is 4.79 Å². The van der Waals surface area contributed by atoms with Crippen LogP contribution in [0.5, 0.6) is 0 Å². The molecule has 6 heteroatoms. The number of carbonyl (C=O) groups is 2. The molecule has 2 aromatic rings.